The number of nitrogens with zero attached hydrogens (tertiary/aromatic N) is 3. The highest BCUT2D eigenvalue weighted by molar-refractivity contribution is 7.07. The molecule has 1 N–H and O–H groups in total. The summed E-state index contributed by atoms with van der Waals surface area (Å²) in [5.41, 5.74) is 2.31. The number of amides is 2. The van der Waals surface area contributed by atoms with Crippen LogP contribution in [0.1, 0.15) is 43.1 Å². The Morgan fingerprint density at radius 3 is 2.78 bits per heavy atom. The smallest absolute Gasteiger partial charge is 0.273 e. The van der Waals surface area contributed by atoms with Crippen molar-refractivity contribution in [2.45, 2.75) is 38.7 Å². The lowest BCUT2D eigenvalue weighted by atomic mass is 9.72. The second kappa shape index (κ2) is 6.57. The Morgan fingerprint density at radius 1 is 1.43 bits per heavy atom. The quantitative estimate of drug-likeness (QED) is 0.904. The normalized spacial score (nSPS) is 22.4. The lowest BCUT2D eigenvalue weighted by Gasteiger charge is -2.47. The number of aromatic nitrogens is 1. The monoisotopic (exact) mass is 337 g/mol. The second-order valence-corrected chi connectivity index (χ2v) is 7.51. The maximum absolute atomic E-state index is 12.4. The van der Waals surface area contributed by atoms with E-state index in [0.717, 1.165) is 19.3 Å². The molecule has 2 fully saturated rings. The van der Waals surface area contributed by atoms with E-state index in [4.69, 9.17) is 0 Å². The Hall–Kier alpha value is -1.47. The molecule has 2 saturated heterocycles. The number of rotatable bonds is 3. The summed E-state index contributed by atoms with van der Waals surface area (Å²) in [6, 6.07) is 0. The topological polar surface area (TPSA) is 73.7 Å². The maximum Gasteiger partial charge on any atom is 0.273 e. The predicted molar refractivity (Wildman–Crippen MR) is 87.2 cm³/mol. The summed E-state index contributed by atoms with van der Waals surface area (Å²) in [7, 11) is 0. The van der Waals surface area contributed by atoms with Gasteiger partial charge in [0, 0.05) is 38.0 Å². The van der Waals surface area contributed by atoms with Gasteiger partial charge < -0.3 is 14.9 Å². The molecule has 0 aliphatic carbocycles. The van der Waals surface area contributed by atoms with Crippen LogP contribution in [0.3, 0.4) is 0 Å². The summed E-state index contributed by atoms with van der Waals surface area (Å²) >= 11 is 1.43. The molecule has 0 bridgehead atoms. The highest BCUT2D eigenvalue weighted by atomic mass is 32.1. The summed E-state index contributed by atoms with van der Waals surface area (Å²) < 4.78 is 0. The number of thiazole rings is 1. The molecule has 0 radical (unpaired) electrons. The third-order valence-corrected chi connectivity index (χ3v) is 5.58. The van der Waals surface area contributed by atoms with Gasteiger partial charge in [-0.25, -0.2) is 4.98 Å². The number of aliphatic hydroxyl groups is 1. The standard InChI is InChI=1S/C16H23N3O3S/c1-12(20)8-19-10-16(3-2-14(19)21)4-6-18(7-5-16)15(22)13-9-23-11-17-13/h9,11-12,20H,2-8,10H2,1H3. The van der Waals surface area contributed by atoms with E-state index < -0.39 is 6.10 Å². The zero-order valence-corrected chi connectivity index (χ0v) is 14.2. The van der Waals surface area contributed by atoms with Crippen LogP contribution in [0.15, 0.2) is 10.9 Å². The number of likely N-dealkylation sites (tertiary alicyclic amines) is 2. The molecule has 1 unspecified atom stereocenters. The molecule has 3 heterocycles. The van der Waals surface area contributed by atoms with Crippen LogP contribution in [-0.2, 0) is 4.79 Å². The molecule has 6 nitrogen and oxygen atoms in total. The van der Waals surface area contributed by atoms with Gasteiger partial charge in [0.15, 0.2) is 0 Å². The highest BCUT2D eigenvalue weighted by Gasteiger charge is 2.42. The van der Waals surface area contributed by atoms with Crippen molar-refractivity contribution in [3.63, 3.8) is 0 Å². The fourth-order valence-electron chi connectivity index (χ4n) is 3.66. The molecular weight excluding hydrogens is 314 g/mol. The van der Waals surface area contributed by atoms with Crippen molar-refractivity contribution in [1.29, 1.82) is 0 Å². The molecule has 1 spiro atoms. The first-order valence-electron chi connectivity index (χ1n) is 8.12. The fourth-order valence-corrected chi connectivity index (χ4v) is 4.19. The Bertz CT molecular complexity index is 565. The first-order valence-corrected chi connectivity index (χ1v) is 9.07. The zero-order chi connectivity index (χ0) is 16.4. The Kier molecular flexibility index (Phi) is 4.68. The minimum absolute atomic E-state index is 0.00817. The first kappa shape index (κ1) is 16.4. The Labute approximate surface area is 140 Å². The van der Waals surface area contributed by atoms with Gasteiger partial charge in [-0.05, 0) is 31.6 Å². The van der Waals surface area contributed by atoms with Gasteiger partial charge in [-0.1, -0.05) is 0 Å². The molecule has 2 aliphatic heterocycles. The van der Waals surface area contributed by atoms with E-state index in [-0.39, 0.29) is 17.2 Å². The van der Waals surface area contributed by atoms with E-state index in [1.54, 1.807) is 22.7 Å². The molecule has 126 valence electrons. The van der Waals surface area contributed by atoms with Crippen molar-refractivity contribution in [2.75, 3.05) is 26.2 Å². The average molecular weight is 337 g/mol. The van der Waals surface area contributed by atoms with Gasteiger partial charge in [0.25, 0.3) is 5.91 Å². The van der Waals surface area contributed by atoms with Crippen LogP contribution in [0, 0.1) is 5.41 Å². The van der Waals surface area contributed by atoms with Gasteiger partial charge in [-0.3, -0.25) is 9.59 Å². The number of hydrogen-bond acceptors (Lipinski definition) is 5. The molecule has 2 aliphatic rings. The van der Waals surface area contributed by atoms with Gasteiger partial charge in [0.05, 0.1) is 11.6 Å². The van der Waals surface area contributed by atoms with Crippen molar-refractivity contribution in [3.05, 3.63) is 16.6 Å². The zero-order valence-electron chi connectivity index (χ0n) is 13.4. The van der Waals surface area contributed by atoms with E-state index in [1.807, 2.05) is 4.90 Å². The molecule has 7 heteroatoms. The lowest BCUT2D eigenvalue weighted by molar-refractivity contribution is -0.140. The van der Waals surface area contributed by atoms with Crippen LogP contribution in [0.25, 0.3) is 0 Å². The average Bonchev–Trinajstić information content (AvgIpc) is 3.05. The molecule has 3 rings (SSSR count). The van der Waals surface area contributed by atoms with Gasteiger partial charge in [-0.2, -0.15) is 0 Å². The third-order valence-electron chi connectivity index (χ3n) is 5.00. The molecule has 2 amide bonds. The van der Waals surface area contributed by atoms with Gasteiger partial charge >= 0.3 is 0 Å². The van der Waals surface area contributed by atoms with Crippen LogP contribution >= 0.6 is 11.3 Å². The van der Waals surface area contributed by atoms with Crippen molar-refractivity contribution < 1.29 is 14.7 Å². The van der Waals surface area contributed by atoms with Gasteiger partial charge in [0.2, 0.25) is 5.91 Å². The largest absolute Gasteiger partial charge is 0.392 e. The summed E-state index contributed by atoms with van der Waals surface area (Å²) in [5.74, 6) is 0.145. The van der Waals surface area contributed by atoms with Crippen molar-refractivity contribution in [1.82, 2.24) is 14.8 Å². The minimum atomic E-state index is -0.500. The van der Waals surface area contributed by atoms with E-state index in [1.165, 1.54) is 11.3 Å². The second-order valence-electron chi connectivity index (χ2n) is 6.79. The maximum atomic E-state index is 12.4. The van der Waals surface area contributed by atoms with Crippen LogP contribution in [0.5, 0.6) is 0 Å². The predicted octanol–water partition coefficient (Wildman–Crippen LogP) is 1.37. The molecule has 0 saturated carbocycles. The molecule has 23 heavy (non-hydrogen) atoms. The van der Waals surface area contributed by atoms with E-state index in [9.17, 15) is 14.7 Å². The van der Waals surface area contributed by atoms with Crippen molar-refractivity contribution in [2.24, 2.45) is 5.41 Å². The number of carbonyl (C=O) groups is 2. The van der Waals surface area contributed by atoms with Gasteiger partial charge in [0.1, 0.15) is 5.69 Å². The molecule has 0 aromatic carbocycles. The molecule has 1 aromatic heterocycles. The summed E-state index contributed by atoms with van der Waals surface area (Å²) in [4.78, 5) is 32.2. The number of hydrogen-bond donors (Lipinski definition) is 1. The van der Waals surface area contributed by atoms with E-state index in [0.29, 0.717) is 38.3 Å². The first-order chi connectivity index (χ1) is 11.0. The number of aliphatic hydroxyl groups excluding tert-OH is 1. The number of carbonyl (C=O) groups excluding carboxylic acids is 2. The van der Waals surface area contributed by atoms with Crippen LogP contribution in [-0.4, -0.2) is 64.0 Å². The van der Waals surface area contributed by atoms with E-state index >= 15 is 0 Å². The van der Waals surface area contributed by atoms with E-state index in [2.05, 4.69) is 4.98 Å². The van der Waals surface area contributed by atoms with Gasteiger partial charge in [-0.15, -0.1) is 11.3 Å². The molecular formula is C16H23N3O3S. The third kappa shape index (κ3) is 3.55. The van der Waals surface area contributed by atoms with Crippen molar-refractivity contribution >= 4 is 23.2 Å². The summed E-state index contributed by atoms with van der Waals surface area (Å²) in [6.45, 7) is 4.25. The highest BCUT2D eigenvalue weighted by Crippen LogP contribution is 2.40. The fraction of sp³-hybridized carbons (Fsp3) is 0.688. The minimum Gasteiger partial charge on any atom is -0.392 e. The SMILES string of the molecule is CC(O)CN1CC2(CCC1=O)CCN(C(=O)c1cscn1)CC2. The number of piperidine rings is 2. The van der Waals surface area contributed by atoms with Crippen LogP contribution < -0.4 is 0 Å². The lowest BCUT2D eigenvalue weighted by Crippen LogP contribution is -2.53. The molecule has 1 aromatic rings. The van der Waals surface area contributed by atoms with Crippen LogP contribution in [0.2, 0.25) is 0 Å². The van der Waals surface area contributed by atoms with Crippen LogP contribution in [0.4, 0.5) is 0 Å². The van der Waals surface area contributed by atoms with Crippen molar-refractivity contribution in [3.8, 4) is 0 Å². The number of β-amino-alcohol motifs (C(OH)–C–C–N with tert-alkyl or cyclic N) is 1. The Morgan fingerprint density at radius 2 is 2.17 bits per heavy atom. The summed E-state index contributed by atoms with van der Waals surface area (Å²) in [5, 5.41) is 11.4. The summed E-state index contributed by atoms with van der Waals surface area (Å²) in [6.07, 6.45) is 2.76. The Balaban J connectivity index is 1.61. The molecule has 1 atom stereocenters.